The van der Waals surface area contributed by atoms with E-state index in [1.807, 2.05) is 24.7 Å². The first-order valence-electron chi connectivity index (χ1n) is 6.54. The summed E-state index contributed by atoms with van der Waals surface area (Å²) in [5, 5.41) is 3.50. The molecule has 0 saturated heterocycles. The van der Waals surface area contributed by atoms with E-state index >= 15 is 0 Å². The zero-order valence-electron chi connectivity index (χ0n) is 11.1. The molecule has 1 unspecified atom stereocenters. The quantitative estimate of drug-likeness (QED) is 0.818. The Kier molecular flexibility index (Phi) is 4.59. The molecule has 18 heavy (non-hydrogen) atoms. The van der Waals surface area contributed by atoms with Gasteiger partial charge in [-0.1, -0.05) is 6.92 Å². The lowest BCUT2D eigenvalue weighted by atomic mass is 10.2. The van der Waals surface area contributed by atoms with Gasteiger partial charge in [0.05, 0.1) is 18.3 Å². The molecule has 2 rings (SSSR count). The maximum Gasteiger partial charge on any atom is 0.105 e. The number of nitrogens with one attached hydrogen (secondary N) is 1. The lowest BCUT2D eigenvalue weighted by molar-refractivity contribution is 0.451. The number of aromatic nitrogens is 2. The number of hydrogen-bond acceptors (Lipinski definition) is 3. The third-order valence-electron chi connectivity index (χ3n) is 2.98. The smallest absolute Gasteiger partial charge is 0.105 e. The van der Waals surface area contributed by atoms with Crippen LogP contribution >= 0.6 is 0 Å². The number of nitrogens with zero attached hydrogens (tertiary/aromatic N) is 2. The van der Waals surface area contributed by atoms with Gasteiger partial charge in [0.1, 0.15) is 5.76 Å². The van der Waals surface area contributed by atoms with E-state index in [4.69, 9.17) is 4.42 Å². The molecule has 0 aliphatic heterocycles. The number of hydrogen-bond donors (Lipinski definition) is 1. The van der Waals surface area contributed by atoms with Crippen LogP contribution in [0, 0.1) is 0 Å². The molecule has 0 fully saturated rings. The van der Waals surface area contributed by atoms with Crippen molar-refractivity contribution in [1.82, 2.24) is 14.9 Å². The lowest BCUT2D eigenvalue weighted by Crippen LogP contribution is -2.28. The third kappa shape index (κ3) is 3.47. The molecule has 0 aliphatic rings. The number of imidazole rings is 1. The highest BCUT2D eigenvalue weighted by Gasteiger charge is 2.07. The SMILES string of the molecule is CCCn1cncc1CNC(C)Cc1ccco1. The molecular formula is C14H21N3O. The predicted molar refractivity (Wildman–Crippen MR) is 71.2 cm³/mol. The van der Waals surface area contributed by atoms with Gasteiger partial charge in [0.2, 0.25) is 0 Å². The van der Waals surface area contributed by atoms with Crippen LogP contribution in [0.25, 0.3) is 0 Å². The first-order chi connectivity index (χ1) is 8.79. The van der Waals surface area contributed by atoms with Crippen molar-refractivity contribution < 1.29 is 4.42 Å². The third-order valence-corrected chi connectivity index (χ3v) is 2.98. The fourth-order valence-electron chi connectivity index (χ4n) is 2.02. The van der Waals surface area contributed by atoms with E-state index in [0.29, 0.717) is 6.04 Å². The van der Waals surface area contributed by atoms with E-state index in [9.17, 15) is 0 Å². The van der Waals surface area contributed by atoms with Crippen molar-refractivity contribution >= 4 is 0 Å². The van der Waals surface area contributed by atoms with Gasteiger partial charge in [-0.15, -0.1) is 0 Å². The van der Waals surface area contributed by atoms with E-state index in [1.54, 1.807) is 6.26 Å². The molecule has 0 saturated carbocycles. The first kappa shape index (κ1) is 12.9. The van der Waals surface area contributed by atoms with Gasteiger partial charge in [-0.25, -0.2) is 4.98 Å². The van der Waals surface area contributed by atoms with Crippen molar-refractivity contribution in [3.63, 3.8) is 0 Å². The molecule has 2 aromatic rings. The van der Waals surface area contributed by atoms with Crippen LogP contribution in [-0.4, -0.2) is 15.6 Å². The molecule has 0 spiro atoms. The van der Waals surface area contributed by atoms with Crippen LogP contribution < -0.4 is 5.32 Å². The summed E-state index contributed by atoms with van der Waals surface area (Å²) in [6.45, 7) is 6.23. The summed E-state index contributed by atoms with van der Waals surface area (Å²) in [4.78, 5) is 4.20. The van der Waals surface area contributed by atoms with Gasteiger partial charge < -0.3 is 14.3 Å². The molecule has 4 nitrogen and oxygen atoms in total. The second-order valence-electron chi connectivity index (χ2n) is 4.64. The van der Waals surface area contributed by atoms with Crippen molar-refractivity contribution in [2.45, 2.75) is 45.8 Å². The van der Waals surface area contributed by atoms with E-state index in [-0.39, 0.29) is 0 Å². The largest absolute Gasteiger partial charge is 0.469 e. The summed E-state index contributed by atoms with van der Waals surface area (Å²) in [6.07, 6.45) is 7.60. The Morgan fingerprint density at radius 1 is 1.50 bits per heavy atom. The molecule has 0 radical (unpaired) electrons. The highest BCUT2D eigenvalue weighted by atomic mass is 16.3. The molecule has 2 aromatic heterocycles. The van der Waals surface area contributed by atoms with Crippen molar-refractivity contribution in [2.75, 3.05) is 0 Å². The van der Waals surface area contributed by atoms with Crippen LogP contribution in [0.15, 0.2) is 35.3 Å². The monoisotopic (exact) mass is 247 g/mol. The van der Waals surface area contributed by atoms with Crippen LogP contribution in [0.2, 0.25) is 0 Å². The van der Waals surface area contributed by atoms with Gasteiger partial charge in [0, 0.05) is 31.7 Å². The van der Waals surface area contributed by atoms with Crippen molar-refractivity contribution in [2.24, 2.45) is 0 Å². The molecule has 1 atom stereocenters. The van der Waals surface area contributed by atoms with Gasteiger partial charge in [-0.05, 0) is 25.5 Å². The van der Waals surface area contributed by atoms with E-state index in [2.05, 4.69) is 28.7 Å². The van der Waals surface area contributed by atoms with Crippen molar-refractivity contribution in [1.29, 1.82) is 0 Å². The lowest BCUT2D eigenvalue weighted by Gasteiger charge is -2.13. The molecule has 0 aliphatic carbocycles. The topological polar surface area (TPSA) is 43.0 Å². The highest BCUT2D eigenvalue weighted by Crippen LogP contribution is 2.05. The maximum atomic E-state index is 5.35. The maximum absolute atomic E-state index is 5.35. The van der Waals surface area contributed by atoms with Gasteiger partial charge in [0.15, 0.2) is 0 Å². The van der Waals surface area contributed by atoms with E-state index in [1.165, 1.54) is 5.69 Å². The minimum atomic E-state index is 0.390. The Morgan fingerprint density at radius 2 is 2.39 bits per heavy atom. The Morgan fingerprint density at radius 3 is 3.11 bits per heavy atom. The molecule has 0 bridgehead atoms. The van der Waals surface area contributed by atoms with Crippen LogP contribution in [-0.2, 0) is 19.5 Å². The predicted octanol–water partition coefficient (Wildman–Crippen LogP) is 2.61. The van der Waals surface area contributed by atoms with Gasteiger partial charge in [0.25, 0.3) is 0 Å². The average molecular weight is 247 g/mol. The first-order valence-corrected chi connectivity index (χ1v) is 6.54. The minimum absolute atomic E-state index is 0.390. The van der Waals surface area contributed by atoms with E-state index < -0.39 is 0 Å². The minimum Gasteiger partial charge on any atom is -0.469 e. The zero-order chi connectivity index (χ0) is 12.8. The second kappa shape index (κ2) is 6.40. The molecule has 0 aromatic carbocycles. The Hall–Kier alpha value is -1.55. The summed E-state index contributed by atoms with van der Waals surface area (Å²) in [5.41, 5.74) is 1.24. The fourth-order valence-corrected chi connectivity index (χ4v) is 2.02. The summed E-state index contributed by atoms with van der Waals surface area (Å²) in [7, 11) is 0. The molecule has 98 valence electrons. The second-order valence-corrected chi connectivity index (χ2v) is 4.64. The van der Waals surface area contributed by atoms with Crippen LogP contribution in [0.4, 0.5) is 0 Å². The summed E-state index contributed by atoms with van der Waals surface area (Å²) >= 11 is 0. The molecule has 1 N–H and O–H groups in total. The standard InChI is InChI=1S/C14H21N3O/c1-3-6-17-11-15-9-13(17)10-16-12(2)8-14-5-4-7-18-14/h4-5,7,9,11-12,16H,3,6,8,10H2,1-2H3. The van der Waals surface area contributed by atoms with Gasteiger partial charge in [-0.3, -0.25) is 0 Å². The summed E-state index contributed by atoms with van der Waals surface area (Å²) in [5.74, 6) is 1.03. The average Bonchev–Trinajstić information content (AvgIpc) is 2.99. The van der Waals surface area contributed by atoms with Gasteiger partial charge >= 0.3 is 0 Å². The number of rotatable bonds is 7. The molecule has 4 heteroatoms. The fraction of sp³-hybridized carbons (Fsp3) is 0.500. The Labute approximate surface area is 108 Å². The number of furan rings is 1. The normalized spacial score (nSPS) is 12.8. The highest BCUT2D eigenvalue weighted by molar-refractivity contribution is 5.01. The number of aryl methyl sites for hydroxylation is 1. The van der Waals surface area contributed by atoms with Crippen LogP contribution in [0.1, 0.15) is 31.7 Å². The molecular weight excluding hydrogens is 226 g/mol. The Bertz CT molecular complexity index is 447. The van der Waals surface area contributed by atoms with E-state index in [0.717, 1.165) is 31.7 Å². The molecule has 2 heterocycles. The Balaban J connectivity index is 1.81. The summed E-state index contributed by atoms with van der Waals surface area (Å²) in [6, 6.07) is 4.33. The van der Waals surface area contributed by atoms with Crippen LogP contribution in [0.5, 0.6) is 0 Å². The van der Waals surface area contributed by atoms with Gasteiger partial charge in [-0.2, -0.15) is 0 Å². The van der Waals surface area contributed by atoms with Crippen LogP contribution in [0.3, 0.4) is 0 Å². The zero-order valence-corrected chi connectivity index (χ0v) is 11.1. The molecule has 0 amide bonds. The van der Waals surface area contributed by atoms with Crippen molar-refractivity contribution in [3.05, 3.63) is 42.4 Å². The van der Waals surface area contributed by atoms with Crippen molar-refractivity contribution in [3.8, 4) is 0 Å². The summed E-state index contributed by atoms with van der Waals surface area (Å²) < 4.78 is 7.55.